The van der Waals surface area contributed by atoms with E-state index in [1.165, 1.54) is 45.0 Å². The van der Waals surface area contributed by atoms with Crippen LogP contribution in [-0.4, -0.2) is 53.6 Å². The smallest absolute Gasteiger partial charge is 0.382 e. The predicted molar refractivity (Wildman–Crippen MR) is 98.5 cm³/mol. The van der Waals surface area contributed by atoms with Gasteiger partial charge in [0, 0.05) is 0 Å². The van der Waals surface area contributed by atoms with Crippen molar-refractivity contribution in [3.63, 3.8) is 0 Å². The van der Waals surface area contributed by atoms with Gasteiger partial charge in [0.15, 0.2) is 11.4 Å². The Labute approximate surface area is 163 Å². The first kappa shape index (κ1) is 22.9. The minimum Gasteiger partial charge on any atom is -0.393 e. The zero-order valence-corrected chi connectivity index (χ0v) is 17.3. The van der Waals surface area contributed by atoms with Crippen molar-refractivity contribution in [2.75, 3.05) is 6.61 Å². The number of allylic oxidation sites excluding steroid dienone is 1. The highest BCUT2D eigenvalue weighted by molar-refractivity contribution is 7.92. The Morgan fingerprint density at radius 3 is 2.21 bits per heavy atom. The minimum absolute atomic E-state index is 0.670. The first-order valence-corrected chi connectivity index (χ1v) is 10.2. The highest BCUT2D eigenvalue weighted by atomic mass is 32.2. The Kier molecular flexibility index (Phi) is 5.84. The van der Waals surface area contributed by atoms with E-state index in [1.807, 2.05) is 0 Å². The third-order valence-electron chi connectivity index (χ3n) is 4.53. The molecule has 0 bridgehead atoms. The van der Waals surface area contributed by atoms with E-state index in [0.29, 0.717) is 5.57 Å². The summed E-state index contributed by atoms with van der Waals surface area (Å²) in [6.45, 7) is 6.10. The number of sulfone groups is 1. The van der Waals surface area contributed by atoms with Crippen LogP contribution in [-0.2, 0) is 19.3 Å². The number of ether oxygens (including phenoxy) is 2. The van der Waals surface area contributed by atoms with Gasteiger partial charge in [-0.25, -0.2) is 8.42 Å². The average Bonchev–Trinajstić information content (AvgIpc) is 2.82. The number of rotatable bonds is 6. The number of aliphatic hydroxyl groups excluding tert-OH is 1. The monoisotopic (exact) mass is 420 g/mol. The topological polar surface area (TPSA) is 93.1 Å². The van der Waals surface area contributed by atoms with Crippen LogP contribution in [0.25, 0.3) is 0 Å². The highest BCUT2D eigenvalue weighted by Gasteiger charge is 2.72. The maximum Gasteiger partial charge on any atom is 0.382 e. The predicted octanol–water partition coefficient (Wildman–Crippen LogP) is 2.65. The molecule has 1 heterocycles. The molecule has 1 aromatic carbocycles. The minimum atomic E-state index is -5.36. The van der Waals surface area contributed by atoms with Crippen molar-refractivity contribution in [1.82, 2.24) is 0 Å². The fraction of sp³-hybridized carbons (Fsp3) is 0.579. The van der Waals surface area contributed by atoms with Crippen LogP contribution in [0.1, 0.15) is 34.6 Å². The second kappa shape index (κ2) is 7.14. The van der Waals surface area contributed by atoms with Gasteiger partial charge in [0.25, 0.3) is 0 Å². The molecule has 6 nitrogen and oxygen atoms in total. The molecule has 0 amide bonds. The van der Waals surface area contributed by atoms with Crippen LogP contribution in [0, 0.1) is 0 Å². The lowest BCUT2D eigenvalue weighted by atomic mass is 9.84. The molecule has 1 aliphatic heterocycles. The molecule has 0 saturated carbocycles. The van der Waals surface area contributed by atoms with E-state index in [4.69, 9.17) is 9.47 Å². The molecule has 0 spiro atoms. The summed E-state index contributed by atoms with van der Waals surface area (Å²) in [5.74, 6) is -1.40. The zero-order chi connectivity index (χ0) is 21.6. The fourth-order valence-electron chi connectivity index (χ4n) is 3.57. The molecule has 2 N–H and O–H groups in total. The molecule has 1 unspecified atom stereocenters. The lowest BCUT2D eigenvalue weighted by Crippen LogP contribution is -2.67. The van der Waals surface area contributed by atoms with Gasteiger partial charge in [0.05, 0.1) is 11.5 Å². The Bertz CT molecular complexity index is 848. The standard InChI is InChI=1S/C19H26F2O6S/c1-13(2)11-17(5)15(26-16(3,4)27-17)18(23,12-22)19(20,21)28(24,25)14-9-7-6-8-10-14/h6-11,15,22-23H,12H2,1-5H3/t15-,17-,18?/m0/s1. The van der Waals surface area contributed by atoms with Crippen LogP contribution in [0.2, 0.25) is 0 Å². The van der Waals surface area contributed by atoms with Crippen molar-refractivity contribution >= 4 is 9.84 Å². The fourth-order valence-corrected chi connectivity index (χ4v) is 5.01. The van der Waals surface area contributed by atoms with Gasteiger partial charge in [-0.15, -0.1) is 0 Å². The van der Waals surface area contributed by atoms with E-state index in [2.05, 4.69) is 0 Å². The molecule has 0 aliphatic carbocycles. The largest absolute Gasteiger partial charge is 0.393 e. The Morgan fingerprint density at radius 1 is 1.21 bits per heavy atom. The third-order valence-corrected chi connectivity index (χ3v) is 6.45. The molecule has 28 heavy (non-hydrogen) atoms. The van der Waals surface area contributed by atoms with Crippen LogP contribution in [0.15, 0.2) is 46.9 Å². The molecule has 2 rings (SSSR count). The molecule has 1 fully saturated rings. The quantitative estimate of drug-likeness (QED) is 0.688. The average molecular weight is 420 g/mol. The van der Waals surface area contributed by atoms with E-state index in [-0.39, 0.29) is 0 Å². The van der Waals surface area contributed by atoms with Crippen molar-refractivity contribution in [3.05, 3.63) is 42.0 Å². The second-order valence-corrected chi connectivity index (χ2v) is 9.81. The van der Waals surface area contributed by atoms with E-state index in [9.17, 15) is 18.6 Å². The molecule has 9 heteroatoms. The molecular weight excluding hydrogens is 394 g/mol. The SMILES string of the molecule is CC(C)=C[C@]1(C)OC(C)(C)O[C@@H]1C(O)(CO)C(F)(F)S(=O)(=O)c1ccccc1. The van der Waals surface area contributed by atoms with Crippen LogP contribution in [0.3, 0.4) is 0 Å². The summed E-state index contributed by atoms with van der Waals surface area (Å²) < 4.78 is 67.3. The number of aliphatic hydroxyl groups is 2. The van der Waals surface area contributed by atoms with Gasteiger partial charge in [-0.3, -0.25) is 0 Å². The van der Waals surface area contributed by atoms with Crippen LogP contribution in [0.4, 0.5) is 8.78 Å². The summed E-state index contributed by atoms with van der Waals surface area (Å²) in [6, 6.07) is 6.02. The number of halogens is 2. The van der Waals surface area contributed by atoms with Gasteiger partial charge in [-0.1, -0.05) is 29.8 Å². The van der Waals surface area contributed by atoms with Gasteiger partial charge >= 0.3 is 5.25 Å². The van der Waals surface area contributed by atoms with Crippen molar-refractivity contribution < 1.29 is 36.9 Å². The second-order valence-electron chi connectivity index (χ2n) is 7.82. The van der Waals surface area contributed by atoms with E-state index >= 15 is 8.78 Å². The lowest BCUT2D eigenvalue weighted by molar-refractivity contribution is -0.228. The maximum atomic E-state index is 15.4. The first-order chi connectivity index (χ1) is 12.6. The third kappa shape index (κ3) is 3.61. The van der Waals surface area contributed by atoms with Crippen molar-refractivity contribution in [2.24, 2.45) is 0 Å². The van der Waals surface area contributed by atoms with Crippen LogP contribution < -0.4 is 0 Å². The molecule has 0 radical (unpaired) electrons. The Morgan fingerprint density at radius 2 is 1.75 bits per heavy atom. The normalized spacial score (nSPS) is 27.2. The van der Waals surface area contributed by atoms with Crippen molar-refractivity contribution in [2.45, 2.75) is 67.9 Å². The number of benzene rings is 1. The molecule has 158 valence electrons. The molecule has 1 aromatic rings. The summed E-state index contributed by atoms with van der Waals surface area (Å²) in [5.41, 5.74) is -4.42. The molecule has 1 aliphatic rings. The van der Waals surface area contributed by atoms with E-state index in [0.717, 1.165) is 12.1 Å². The van der Waals surface area contributed by atoms with Crippen LogP contribution >= 0.6 is 0 Å². The first-order valence-electron chi connectivity index (χ1n) is 8.68. The van der Waals surface area contributed by atoms with Gasteiger partial charge in [0.1, 0.15) is 11.7 Å². The zero-order valence-electron chi connectivity index (χ0n) is 16.4. The van der Waals surface area contributed by atoms with Crippen molar-refractivity contribution in [3.8, 4) is 0 Å². The van der Waals surface area contributed by atoms with Gasteiger partial charge in [-0.05, 0) is 46.8 Å². The summed E-state index contributed by atoms with van der Waals surface area (Å²) in [7, 11) is -5.36. The summed E-state index contributed by atoms with van der Waals surface area (Å²) in [6.07, 6.45) is -0.415. The molecule has 0 aromatic heterocycles. The number of alkyl halides is 2. The van der Waals surface area contributed by atoms with Crippen molar-refractivity contribution in [1.29, 1.82) is 0 Å². The summed E-state index contributed by atoms with van der Waals surface area (Å²) in [5, 5.41) is 15.9. The summed E-state index contributed by atoms with van der Waals surface area (Å²) >= 11 is 0. The van der Waals surface area contributed by atoms with Gasteiger partial charge in [-0.2, -0.15) is 8.78 Å². The van der Waals surface area contributed by atoms with Gasteiger partial charge < -0.3 is 19.7 Å². The Balaban J connectivity index is 2.66. The molecule has 1 saturated heterocycles. The highest BCUT2D eigenvalue weighted by Crippen LogP contribution is 2.50. The lowest BCUT2D eigenvalue weighted by Gasteiger charge is -2.41. The number of hydrogen-bond donors (Lipinski definition) is 2. The van der Waals surface area contributed by atoms with E-state index in [1.54, 1.807) is 13.8 Å². The maximum absolute atomic E-state index is 15.4. The van der Waals surface area contributed by atoms with Gasteiger partial charge in [0.2, 0.25) is 9.84 Å². The van der Waals surface area contributed by atoms with Crippen LogP contribution in [0.5, 0.6) is 0 Å². The summed E-state index contributed by atoms with van der Waals surface area (Å²) in [4.78, 5) is -0.686. The number of hydrogen-bond acceptors (Lipinski definition) is 6. The molecular formula is C19H26F2O6S. The van der Waals surface area contributed by atoms with E-state index < -0.39 is 49.7 Å². The Hall–Kier alpha value is -1.39. The molecule has 3 atom stereocenters.